The van der Waals surface area contributed by atoms with E-state index in [1.54, 1.807) is 4.90 Å². The second-order valence-electron chi connectivity index (χ2n) is 7.30. The van der Waals surface area contributed by atoms with Gasteiger partial charge in [-0.25, -0.2) is 4.79 Å². The molecule has 27 heavy (non-hydrogen) atoms. The number of para-hydroxylation sites is 1. The molecule has 0 radical (unpaired) electrons. The third kappa shape index (κ3) is 4.67. The van der Waals surface area contributed by atoms with Gasteiger partial charge in [-0.05, 0) is 36.0 Å². The molecule has 0 bridgehead atoms. The predicted octanol–water partition coefficient (Wildman–Crippen LogP) is 3.66. The van der Waals surface area contributed by atoms with Crippen LogP contribution in [0.1, 0.15) is 37.4 Å². The minimum Gasteiger partial charge on any atom is -0.338 e. The summed E-state index contributed by atoms with van der Waals surface area (Å²) in [6.07, 6.45) is 1.74. The second kappa shape index (κ2) is 8.71. The van der Waals surface area contributed by atoms with E-state index in [1.807, 2.05) is 54.6 Å². The highest BCUT2D eigenvalue weighted by Crippen LogP contribution is 2.30. The number of carbonyl (C=O) groups is 2. The zero-order valence-electron chi connectivity index (χ0n) is 15.9. The van der Waals surface area contributed by atoms with Crippen LogP contribution in [-0.4, -0.2) is 25.0 Å². The maximum atomic E-state index is 13.3. The molecule has 1 aliphatic rings. The van der Waals surface area contributed by atoms with Gasteiger partial charge in [0.2, 0.25) is 0 Å². The van der Waals surface area contributed by atoms with Crippen LogP contribution in [0.4, 0.5) is 10.5 Å². The molecule has 0 aliphatic carbocycles. The van der Waals surface area contributed by atoms with Gasteiger partial charge in [-0.2, -0.15) is 0 Å². The van der Waals surface area contributed by atoms with Crippen LogP contribution in [0, 0.1) is 5.92 Å². The minimum absolute atomic E-state index is 0.106. The largest absolute Gasteiger partial charge is 0.338 e. The molecule has 0 aromatic heterocycles. The molecule has 2 aromatic carbocycles. The molecule has 142 valence electrons. The summed E-state index contributed by atoms with van der Waals surface area (Å²) < 4.78 is 0. The summed E-state index contributed by atoms with van der Waals surface area (Å²) in [6, 6.07) is 16.3. The Morgan fingerprint density at radius 1 is 1.04 bits per heavy atom. The number of hydrogen-bond donors (Lipinski definition) is 2. The van der Waals surface area contributed by atoms with Gasteiger partial charge in [-0.15, -0.1) is 0 Å². The summed E-state index contributed by atoms with van der Waals surface area (Å²) in [4.78, 5) is 27.5. The van der Waals surface area contributed by atoms with Crippen LogP contribution in [-0.2, 0) is 11.2 Å². The van der Waals surface area contributed by atoms with Gasteiger partial charge in [0.15, 0.2) is 0 Å². The Hall–Kier alpha value is -2.82. The number of urea groups is 1. The summed E-state index contributed by atoms with van der Waals surface area (Å²) >= 11 is 0. The molecule has 3 rings (SSSR count). The van der Waals surface area contributed by atoms with Gasteiger partial charge < -0.3 is 15.5 Å². The van der Waals surface area contributed by atoms with Gasteiger partial charge in [0.25, 0.3) is 5.91 Å². The van der Waals surface area contributed by atoms with Crippen molar-refractivity contribution in [3.8, 4) is 0 Å². The zero-order chi connectivity index (χ0) is 19.2. The number of fused-ring (bicyclic) bond motifs is 1. The molecule has 0 unspecified atom stereocenters. The maximum absolute atomic E-state index is 13.3. The quantitative estimate of drug-likeness (QED) is 0.821. The topological polar surface area (TPSA) is 61.4 Å². The van der Waals surface area contributed by atoms with E-state index in [4.69, 9.17) is 0 Å². The highest BCUT2D eigenvalue weighted by Gasteiger charge is 2.31. The van der Waals surface area contributed by atoms with Crippen molar-refractivity contribution in [3.05, 3.63) is 65.7 Å². The van der Waals surface area contributed by atoms with E-state index in [2.05, 4.69) is 24.5 Å². The van der Waals surface area contributed by atoms with Crippen molar-refractivity contribution in [2.45, 2.75) is 32.7 Å². The standard InChI is InChI=1S/C22H27N3O2/c1-16(2)12-14-23-22(27)24-20(18-9-4-3-5-10-18)21(26)25-15-13-17-8-6-7-11-19(17)25/h3-11,16,20H,12-15H2,1-2H3,(H2,23,24,27)/t20-/m0/s1. The molecule has 0 fully saturated rings. The Morgan fingerprint density at radius 2 is 1.74 bits per heavy atom. The van der Waals surface area contributed by atoms with Gasteiger partial charge >= 0.3 is 6.03 Å². The molecule has 1 heterocycles. The predicted molar refractivity (Wildman–Crippen MR) is 108 cm³/mol. The number of hydrogen-bond acceptors (Lipinski definition) is 2. The van der Waals surface area contributed by atoms with E-state index in [-0.39, 0.29) is 11.9 Å². The number of rotatable bonds is 6. The van der Waals surface area contributed by atoms with E-state index in [0.717, 1.165) is 24.1 Å². The van der Waals surface area contributed by atoms with Crippen molar-refractivity contribution in [2.24, 2.45) is 5.92 Å². The highest BCUT2D eigenvalue weighted by molar-refractivity contribution is 6.01. The van der Waals surface area contributed by atoms with Crippen molar-refractivity contribution >= 4 is 17.6 Å². The van der Waals surface area contributed by atoms with Crippen LogP contribution < -0.4 is 15.5 Å². The minimum atomic E-state index is -0.712. The molecular formula is C22H27N3O2. The highest BCUT2D eigenvalue weighted by atomic mass is 16.2. The Balaban J connectivity index is 1.77. The van der Waals surface area contributed by atoms with Gasteiger partial charge in [0.05, 0.1) is 0 Å². The lowest BCUT2D eigenvalue weighted by molar-refractivity contribution is -0.120. The van der Waals surface area contributed by atoms with Gasteiger partial charge in [-0.3, -0.25) is 4.79 Å². The van der Waals surface area contributed by atoms with Crippen LogP contribution in [0.25, 0.3) is 0 Å². The first-order valence-electron chi connectivity index (χ1n) is 9.55. The fraction of sp³-hybridized carbons (Fsp3) is 0.364. The van der Waals surface area contributed by atoms with Crippen molar-refractivity contribution in [1.82, 2.24) is 10.6 Å². The molecule has 1 atom stereocenters. The molecule has 5 heteroatoms. The molecule has 0 spiro atoms. The molecule has 0 saturated carbocycles. The normalized spacial score (nSPS) is 14.0. The maximum Gasteiger partial charge on any atom is 0.315 e. The smallest absolute Gasteiger partial charge is 0.315 e. The SMILES string of the molecule is CC(C)CCNC(=O)N[C@H](C(=O)N1CCc2ccccc21)c1ccccc1. The lowest BCUT2D eigenvalue weighted by atomic mass is 10.1. The summed E-state index contributed by atoms with van der Waals surface area (Å²) in [5.74, 6) is 0.406. The van der Waals surface area contributed by atoms with E-state index in [9.17, 15) is 9.59 Å². The van der Waals surface area contributed by atoms with Crippen molar-refractivity contribution in [2.75, 3.05) is 18.0 Å². The van der Waals surface area contributed by atoms with E-state index in [0.29, 0.717) is 19.0 Å². The van der Waals surface area contributed by atoms with Crippen molar-refractivity contribution < 1.29 is 9.59 Å². The summed E-state index contributed by atoms with van der Waals surface area (Å²) in [5, 5.41) is 5.73. The summed E-state index contributed by atoms with van der Waals surface area (Å²) in [5.41, 5.74) is 2.88. The van der Waals surface area contributed by atoms with Crippen LogP contribution in [0.2, 0.25) is 0 Å². The molecule has 2 aromatic rings. The van der Waals surface area contributed by atoms with Crippen LogP contribution in [0.5, 0.6) is 0 Å². The van der Waals surface area contributed by atoms with Crippen LogP contribution in [0.15, 0.2) is 54.6 Å². The fourth-order valence-electron chi connectivity index (χ4n) is 3.31. The lowest BCUT2D eigenvalue weighted by Crippen LogP contribution is -2.46. The third-order valence-electron chi connectivity index (χ3n) is 4.82. The number of nitrogens with one attached hydrogen (secondary N) is 2. The van der Waals surface area contributed by atoms with Crippen LogP contribution >= 0.6 is 0 Å². The Morgan fingerprint density at radius 3 is 2.48 bits per heavy atom. The molecule has 5 nitrogen and oxygen atoms in total. The molecule has 2 N–H and O–H groups in total. The Labute approximate surface area is 160 Å². The monoisotopic (exact) mass is 365 g/mol. The zero-order valence-corrected chi connectivity index (χ0v) is 15.9. The lowest BCUT2D eigenvalue weighted by Gasteiger charge is -2.25. The van der Waals surface area contributed by atoms with Gasteiger partial charge in [0.1, 0.15) is 6.04 Å². The van der Waals surface area contributed by atoms with Gasteiger partial charge in [0, 0.05) is 18.8 Å². The van der Waals surface area contributed by atoms with E-state index < -0.39 is 6.04 Å². The Bertz CT molecular complexity index is 789. The van der Waals surface area contributed by atoms with Gasteiger partial charge in [-0.1, -0.05) is 62.4 Å². The summed E-state index contributed by atoms with van der Waals surface area (Å²) in [7, 11) is 0. The molecular weight excluding hydrogens is 338 g/mol. The van der Waals surface area contributed by atoms with E-state index in [1.165, 1.54) is 5.56 Å². The first-order valence-corrected chi connectivity index (χ1v) is 9.55. The Kier molecular flexibility index (Phi) is 6.12. The molecule has 1 aliphatic heterocycles. The number of benzene rings is 2. The fourth-order valence-corrected chi connectivity index (χ4v) is 3.31. The average Bonchev–Trinajstić information content (AvgIpc) is 3.10. The average molecular weight is 365 g/mol. The molecule has 3 amide bonds. The second-order valence-corrected chi connectivity index (χ2v) is 7.30. The molecule has 0 saturated heterocycles. The van der Waals surface area contributed by atoms with Crippen molar-refractivity contribution in [3.63, 3.8) is 0 Å². The number of anilines is 1. The summed E-state index contributed by atoms with van der Waals surface area (Å²) in [6.45, 7) is 5.45. The third-order valence-corrected chi connectivity index (χ3v) is 4.82. The van der Waals surface area contributed by atoms with Crippen LogP contribution in [0.3, 0.4) is 0 Å². The van der Waals surface area contributed by atoms with E-state index >= 15 is 0 Å². The number of carbonyl (C=O) groups excluding carboxylic acids is 2. The number of nitrogens with zero attached hydrogens (tertiary/aromatic N) is 1. The number of amides is 3. The van der Waals surface area contributed by atoms with Crippen molar-refractivity contribution in [1.29, 1.82) is 0 Å². The first-order chi connectivity index (χ1) is 13.1. The first kappa shape index (κ1) is 19.0.